The molecule has 57 heavy (non-hydrogen) atoms. The number of benzene rings is 9. The van der Waals surface area contributed by atoms with Gasteiger partial charge in [0.25, 0.3) is 0 Å². The molecule has 0 N–H and O–H groups in total. The van der Waals surface area contributed by atoms with Gasteiger partial charge in [-0.2, -0.15) is 0 Å². The van der Waals surface area contributed by atoms with E-state index in [1.165, 1.54) is 0 Å². The molecule has 0 unspecified atom stereocenters. The Morgan fingerprint density at radius 1 is 0.333 bits per heavy atom. The van der Waals surface area contributed by atoms with E-state index in [0.29, 0.717) is 45.0 Å². The molecule has 4 heteroatoms. The highest BCUT2D eigenvalue weighted by Gasteiger charge is 2.20. The second kappa shape index (κ2) is 13.6. The Morgan fingerprint density at radius 3 is 1.79 bits per heavy atom. The number of rotatable bonds is 6. The fourth-order valence-electron chi connectivity index (χ4n) is 7.91. The maximum atomic E-state index is 9.43. The molecule has 4 nitrogen and oxygen atoms in total. The number of hydrogen-bond acceptors (Lipinski definition) is 4. The van der Waals surface area contributed by atoms with Crippen molar-refractivity contribution in [2.24, 2.45) is 0 Å². The molecule has 2 aromatic heterocycles. The van der Waals surface area contributed by atoms with Gasteiger partial charge in [0.15, 0.2) is 17.5 Å². The predicted molar refractivity (Wildman–Crippen MR) is 235 cm³/mol. The minimum atomic E-state index is -0.0238. The summed E-state index contributed by atoms with van der Waals surface area (Å²) in [7, 11) is 0. The first-order valence-corrected chi connectivity index (χ1v) is 18.9. The van der Waals surface area contributed by atoms with Crippen LogP contribution in [0.2, 0.25) is 0 Å². The van der Waals surface area contributed by atoms with Crippen LogP contribution in [0.1, 0.15) is 4.11 Å². The zero-order chi connectivity index (χ0) is 40.3. The van der Waals surface area contributed by atoms with E-state index in [0.717, 1.165) is 60.5 Å². The molecule has 11 rings (SSSR count). The monoisotopic (exact) mass is 730 g/mol. The molecule has 0 radical (unpaired) electrons. The molecule has 0 bridgehead atoms. The Morgan fingerprint density at radius 2 is 0.982 bits per heavy atom. The Bertz CT molecular complexity index is 3470. The number of fused-ring (bicyclic) bond motifs is 5. The van der Waals surface area contributed by atoms with E-state index in [4.69, 9.17) is 20.7 Å². The molecule has 0 saturated carbocycles. The standard InChI is InChI=1S/C53H33N3O/c1-3-14-35(15-4-1)44-29-27-41(33-46(44)37-16-5-2-6-17-37)52-54-51(40-26-25-34-13-7-8-19-38(34)31-40)55-53(56-52)45-23-12-24-49-50(45)47-32-39(28-30-48(47)57-49)43-22-11-20-36-18-9-10-21-42(36)43/h1-33H/i23D,28D,30D. The molecule has 266 valence electrons. The van der Waals surface area contributed by atoms with Crippen molar-refractivity contribution in [2.75, 3.05) is 0 Å². The second-order valence-electron chi connectivity index (χ2n) is 14.1. The summed E-state index contributed by atoms with van der Waals surface area (Å²) in [4.78, 5) is 15.5. The maximum absolute atomic E-state index is 9.43. The first-order chi connectivity index (χ1) is 29.5. The van der Waals surface area contributed by atoms with Gasteiger partial charge < -0.3 is 4.42 Å². The van der Waals surface area contributed by atoms with Crippen molar-refractivity contribution >= 4 is 43.5 Å². The zero-order valence-electron chi connectivity index (χ0n) is 33.6. The average molecular weight is 731 g/mol. The quantitative estimate of drug-likeness (QED) is 0.171. The molecule has 0 aliphatic heterocycles. The molecule has 0 fully saturated rings. The SMILES string of the molecule is [2H]c1ccc2oc3c([2H])c([2H])c(-c4cccc5ccccc45)cc3c2c1-c1nc(-c2ccc(-c3ccccc3)c(-c3ccccc3)c2)nc(-c2ccc3ccccc3c2)n1. The highest BCUT2D eigenvalue weighted by molar-refractivity contribution is 6.13. The summed E-state index contributed by atoms with van der Waals surface area (Å²) >= 11 is 0. The van der Waals surface area contributed by atoms with E-state index in [1.807, 2.05) is 109 Å². The second-order valence-corrected chi connectivity index (χ2v) is 14.1. The van der Waals surface area contributed by atoms with Crippen molar-refractivity contribution in [2.45, 2.75) is 0 Å². The van der Waals surface area contributed by atoms with Gasteiger partial charge in [-0.25, -0.2) is 15.0 Å². The normalized spacial score (nSPS) is 12.2. The molecule has 0 atom stereocenters. The highest BCUT2D eigenvalue weighted by Crippen LogP contribution is 2.41. The van der Waals surface area contributed by atoms with Crippen LogP contribution in [0.25, 0.3) is 111 Å². The smallest absolute Gasteiger partial charge is 0.164 e. The van der Waals surface area contributed by atoms with E-state index >= 15 is 0 Å². The van der Waals surface area contributed by atoms with Gasteiger partial charge in [0, 0.05) is 27.5 Å². The van der Waals surface area contributed by atoms with Crippen molar-refractivity contribution in [3.8, 4) is 67.5 Å². The van der Waals surface area contributed by atoms with Crippen LogP contribution in [0.5, 0.6) is 0 Å². The molecule has 9 aromatic carbocycles. The van der Waals surface area contributed by atoms with Crippen molar-refractivity contribution in [3.63, 3.8) is 0 Å². The Kier molecular flexibility index (Phi) is 7.05. The molecule has 0 saturated heterocycles. The fourth-order valence-corrected chi connectivity index (χ4v) is 7.91. The zero-order valence-corrected chi connectivity index (χ0v) is 30.6. The third-order valence-corrected chi connectivity index (χ3v) is 10.7. The van der Waals surface area contributed by atoms with Crippen LogP contribution >= 0.6 is 0 Å². The summed E-state index contributed by atoms with van der Waals surface area (Å²) < 4.78 is 34.2. The van der Waals surface area contributed by atoms with Crippen LogP contribution in [-0.2, 0) is 0 Å². The van der Waals surface area contributed by atoms with E-state index < -0.39 is 0 Å². The fraction of sp³-hybridized carbons (Fsp3) is 0. The molecule has 0 aliphatic carbocycles. The van der Waals surface area contributed by atoms with Crippen LogP contribution in [0, 0.1) is 0 Å². The minimum absolute atomic E-state index is 0.0238. The molecule has 0 spiro atoms. The molecule has 2 heterocycles. The highest BCUT2D eigenvalue weighted by atomic mass is 16.3. The van der Waals surface area contributed by atoms with Crippen molar-refractivity contribution in [3.05, 3.63) is 200 Å². The lowest BCUT2D eigenvalue weighted by Gasteiger charge is -2.14. The topological polar surface area (TPSA) is 51.8 Å². The number of aromatic nitrogens is 3. The van der Waals surface area contributed by atoms with Crippen molar-refractivity contribution in [1.82, 2.24) is 15.0 Å². The molecule has 0 aliphatic rings. The number of hydrogen-bond donors (Lipinski definition) is 0. The third-order valence-electron chi connectivity index (χ3n) is 10.7. The van der Waals surface area contributed by atoms with Gasteiger partial charge in [-0.15, -0.1) is 0 Å². The van der Waals surface area contributed by atoms with Gasteiger partial charge in [0.1, 0.15) is 11.2 Å². The van der Waals surface area contributed by atoms with Crippen LogP contribution in [-0.4, -0.2) is 15.0 Å². The summed E-state index contributed by atoms with van der Waals surface area (Å²) in [5.74, 6) is 1.22. The molecular weight excluding hydrogens is 695 g/mol. The van der Waals surface area contributed by atoms with Crippen molar-refractivity contribution in [1.29, 1.82) is 0 Å². The van der Waals surface area contributed by atoms with Crippen LogP contribution in [0.4, 0.5) is 0 Å². The Hall–Kier alpha value is -7.69. The summed E-state index contributed by atoms with van der Waals surface area (Å²) in [6, 6.07) is 61.0. The van der Waals surface area contributed by atoms with Crippen molar-refractivity contribution < 1.29 is 8.53 Å². The lowest BCUT2D eigenvalue weighted by Crippen LogP contribution is -2.01. The summed E-state index contributed by atoms with van der Waals surface area (Å²) in [6.07, 6.45) is 0. The average Bonchev–Trinajstić information content (AvgIpc) is 3.68. The summed E-state index contributed by atoms with van der Waals surface area (Å²) in [5.41, 5.74) is 8.55. The number of nitrogens with zero attached hydrogens (tertiary/aromatic N) is 3. The Balaban J connectivity index is 1.18. The largest absolute Gasteiger partial charge is 0.456 e. The van der Waals surface area contributed by atoms with Crippen LogP contribution < -0.4 is 0 Å². The van der Waals surface area contributed by atoms with Gasteiger partial charge in [0.05, 0.1) is 4.11 Å². The minimum Gasteiger partial charge on any atom is -0.456 e. The van der Waals surface area contributed by atoms with Gasteiger partial charge in [0.2, 0.25) is 0 Å². The van der Waals surface area contributed by atoms with Crippen LogP contribution in [0.3, 0.4) is 0 Å². The molecular formula is C53H33N3O. The molecule has 0 amide bonds. The van der Waals surface area contributed by atoms with Gasteiger partial charge in [-0.05, 0) is 85.2 Å². The van der Waals surface area contributed by atoms with E-state index in [1.54, 1.807) is 12.1 Å². The van der Waals surface area contributed by atoms with Gasteiger partial charge in [-0.3, -0.25) is 0 Å². The lowest BCUT2D eigenvalue weighted by atomic mass is 9.92. The van der Waals surface area contributed by atoms with E-state index in [2.05, 4.69) is 60.7 Å². The predicted octanol–water partition coefficient (Wildman–Crippen LogP) is 14.1. The third kappa shape index (κ3) is 5.83. The summed E-state index contributed by atoms with van der Waals surface area (Å²) in [5, 5.41) is 5.40. The Labute approximate surface area is 333 Å². The summed E-state index contributed by atoms with van der Waals surface area (Å²) in [6.45, 7) is 0. The van der Waals surface area contributed by atoms with E-state index in [-0.39, 0.29) is 23.7 Å². The first-order valence-electron chi connectivity index (χ1n) is 20.4. The number of furan rings is 1. The van der Waals surface area contributed by atoms with E-state index in [9.17, 15) is 2.74 Å². The molecule has 11 aromatic rings. The van der Waals surface area contributed by atoms with Gasteiger partial charge >= 0.3 is 0 Å². The van der Waals surface area contributed by atoms with Crippen LogP contribution in [0.15, 0.2) is 205 Å². The first kappa shape index (κ1) is 29.6. The maximum Gasteiger partial charge on any atom is 0.164 e. The lowest BCUT2D eigenvalue weighted by molar-refractivity contribution is 0.669. The van der Waals surface area contributed by atoms with Gasteiger partial charge in [-0.1, -0.05) is 170 Å².